The van der Waals surface area contributed by atoms with Crippen LogP contribution in [0.15, 0.2) is 28.0 Å². The smallest absolute Gasteiger partial charge is 0.209 e. The molecule has 3 saturated heterocycles. The van der Waals surface area contributed by atoms with Crippen LogP contribution >= 0.6 is 22.7 Å². The summed E-state index contributed by atoms with van der Waals surface area (Å²) in [4.78, 5) is 20.2. The Balaban J connectivity index is 0.000000332. The third-order valence-electron chi connectivity index (χ3n) is 6.26. The minimum Gasteiger partial charge on any atom is -0.380 e. The first kappa shape index (κ1) is 22.5. The van der Waals surface area contributed by atoms with Gasteiger partial charge in [-0.1, -0.05) is 0 Å². The van der Waals surface area contributed by atoms with Crippen LogP contribution in [-0.4, -0.2) is 67.7 Å². The average molecular weight is 484 g/mol. The van der Waals surface area contributed by atoms with Gasteiger partial charge in [-0.15, -0.1) is 22.7 Å². The summed E-state index contributed by atoms with van der Waals surface area (Å²) in [5, 5.41) is 12.0. The highest BCUT2D eigenvalue weighted by Gasteiger charge is 2.44. The summed E-state index contributed by atoms with van der Waals surface area (Å²) in [6, 6.07) is 2.18. The van der Waals surface area contributed by atoms with Gasteiger partial charge in [0, 0.05) is 47.7 Å². The Bertz CT molecular complexity index is 1090. The second-order valence-corrected chi connectivity index (χ2v) is 10.5. The monoisotopic (exact) mass is 483 g/mol. The Morgan fingerprint density at radius 3 is 2.52 bits per heavy atom. The van der Waals surface area contributed by atoms with Crippen molar-refractivity contribution in [3.05, 3.63) is 28.6 Å². The SMILES string of the molecule is C1CNCNC1.C=Nc1nc(-c2csc(-c3cnc(N4CCC5(COC5)C4)cc3C)n2)cs1. The normalized spacial score (nSPS) is 19.1. The van der Waals surface area contributed by atoms with E-state index in [-0.39, 0.29) is 0 Å². The van der Waals surface area contributed by atoms with Gasteiger partial charge in [-0.05, 0) is 51.2 Å². The van der Waals surface area contributed by atoms with Crippen molar-refractivity contribution < 1.29 is 4.74 Å². The molecular weight excluding hydrogens is 454 g/mol. The molecule has 3 aromatic rings. The predicted octanol–water partition coefficient (Wildman–Crippen LogP) is 3.72. The number of ether oxygens (including phenoxy) is 1. The maximum absolute atomic E-state index is 5.42. The molecule has 33 heavy (non-hydrogen) atoms. The molecule has 0 aliphatic carbocycles. The maximum Gasteiger partial charge on any atom is 0.209 e. The molecule has 174 valence electrons. The van der Waals surface area contributed by atoms with E-state index in [1.807, 2.05) is 17.0 Å². The molecule has 3 aliphatic heterocycles. The molecule has 3 aromatic heterocycles. The van der Waals surface area contributed by atoms with Gasteiger partial charge in [0.2, 0.25) is 5.13 Å². The number of hydrogen-bond donors (Lipinski definition) is 2. The van der Waals surface area contributed by atoms with Crippen LogP contribution in [0.1, 0.15) is 18.4 Å². The number of aromatic nitrogens is 3. The molecule has 1 spiro atoms. The van der Waals surface area contributed by atoms with Gasteiger partial charge in [0.15, 0.2) is 0 Å². The van der Waals surface area contributed by atoms with Crippen LogP contribution in [0.25, 0.3) is 22.0 Å². The predicted molar refractivity (Wildman–Crippen MR) is 136 cm³/mol. The third kappa shape index (κ3) is 4.99. The van der Waals surface area contributed by atoms with Crippen LogP contribution in [0.4, 0.5) is 10.9 Å². The van der Waals surface area contributed by atoms with E-state index < -0.39 is 0 Å². The first-order valence-electron chi connectivity index (χ1n) is 11.3. The fraction of sp³-hybridized carbons (Fsp3) is 0.478. The van der Waals surface area contributed by atoms with Gasteiger partial charge in [0.25, 0.3) is 0 Å². The zero-order valence-corrected chi connectivity index (χ0v) is 20.5. The van der Waals surface area contributed by atoms with Gasteiger partial charge >= 0.3 is 0 Å². The van der Waals surface area contributed by atoms with Gasteiger partial charge in [-0.2, -0.15) is 0 Å². The summed E-state index contributed by atoms with van der Waals surface area (Å²) in [6.07, 6.45) is 4.42. The molecule has 10 heteroatoms. The molecule has 6 heterocycles. The Kier molecular flexibility index (Phi) is 6.79. The number of rotatable bonds is 4. The average Bonchev–Trinajstić information content (AvgIpc) is 3.59. The van der Waals surface area contributed by atoms with Gasteiger partial charge < -0.3 is 20.3 Å². The molecular formula is C23H29N7OS2. The lowest BCUT2D eigenvalue weighted by Gasteiger charge is -2.37. The summed E-state index contributed by atoms with van der Waals surface area (Å²) < 4.78 is 5.42. The number of aryl methyl sites for hydroxylation is 1. The summed E-state index contributed by atoms with van der Waals surface area (Å²) in [5.41, 5.74) is 4.35. The molecule has 0 aromatic carbocycles. The van der Waals surface area contributed by atoms with Crippen molar-refractivity contribution in [2.45, 2.75) is 19.8 Å². The topological polar surface area (TPSA) is 87.6 Å². The first-order chi connectivity index (χ1) is 16.2. The van der Waals surface area contributed by atoms with Crippen LogP contribution in [0, 0.1) is 12.3 Å². The van der Waals surface area contributed by atoms with Crippen LogP contribution in [0.2, 0.25) is 0 Å². The third-order valence-corrected chi connectivity index (χ3v) is 7.90. The number of anilines is 1. The fourth-order valence-corrected chi connectivity index (χ4v) is 5.77. The van der Waals surface area contributed by atoms with Crippen molar-refractivity contribution in [2.75, 3.05) is 51.0 Å². The number of nitrogens with zero attached hydrogens (tertiary/aromatic N) is 5. The number of hydrogen-bond acceptors (Lipinski definition) is 10. The van der Waals surface area contributed by atoms with Gasteiger partial charge in [0.1, 0.15) is 22.2 Å². The lowest BCUT2D eigenvalue weighted by molar-refractivity contribution is -0.0985. The van der Waals surface area contributed by atoms with Crippen molar-refractivity contribution in [1.82, 2.24) is 25.6 Å². The van der Waals surface area contributed by atoms with E-state index in [2.05, 4.69) is 45.2 Å². The van der Waals surface area contributed by atoms with Gasteiger partial charge in [-0.3, -0.25) is 0 Å². The highest BCUT2D eigenvalue weighted by atomic mass is 32.1. The molecule has 3 fully saturated rings. The van der Waals surface area contributed by atoms with Crippen molar-refractivity contribution >= 4 is 40.3 Å². The van der Waals surface area contributed by atoms with E-state index in [0.29, 0.717) is 10.5 Å². The van der Waals surface area contributed by atoms with E-state index in [1.54, 1.807) is 11.3 Å². The summed E-state index contributed by atoms with van der Waals surface area (Å²) >= 11 is 3.09. The van der Waals surface area contributed by atoms with E-state index in [4.69, 9.17) is 14.7 Å². The number of nitrogens with one attached hydrogen (secondary N) is 2. The van der Waals surface area contributed by atoms with E-state index in [0.717, 1.165) is 60.7 Å². The molecule has 3 aliphatic rings. The van der Waals surface area contributed by atoms with E-state index >= 15 is 0 Å². The molecule has 0 radical (unpaired) electrons. The molecule has 8 nitrogen and oxygen atoms in total. The number of pyridine rings is 1. The molecule has 0 unspecified atom stereocenters. The van der Waals surface area contributed by atoms with Crippen LogP contribution in [-0.2, 0) is 4.74 Å². The van der Waals surface area contributed by atoms with Gasteiger partial charge in [0.05, 0.1) is 13.2 Å². The van der Waals surface area contributed by atoms with Crippen LogP contribution in [0.3, 0.4) is 0 Å². The zero-order chi connectivity index (χ0) is 22.7. The highest BCUT2D eigenvalue weighted by molar-refractivity contribution is 7.14. The van der Waals surface area contributed by atoms with Crippen molar-refractivity contribution in [1.29, 1.82) is 0 Å². The molecule has 0 amide bonds. The standard InChI is InChI=1S/C19H19N5OS2.C4H10N2/c1-12-5-16(24-4-3-19(9-24)10-25-11-19)21-6-13(12)17-22-14(7-26-17)15-8-27-18(20-2)23-15;1-2-5-4-6-3-1/h5-8H,2-4,9-11H2,1H3;5-6H,1-4H2. The second-order valence-electron chi connectivity index (χ2n) is 8.76. The maximum atomic E-state index is 5.42. The Labute approximate surface area is 202 Å². The molecule has 6 rings (SSSR count). The Hall–Kier alpha value is -2.24. The lowest BCUT2D eigenvalue weighted by atomic mass is 9.85. The zero-order valence-electron chi connectivity index (χ0n) is 18.8. The van der Waals surface area contributed by atoms with Gasteiger partial charge in [-0.25, -0.2) is 19.9 Å². The molecule has 2 N–H and O–H groups in total. The second kappa shape index (κ2) is 9.94. The van der Waals surface area contributed by atoms with E-state index in [9.17, 15) is 0 Å². The van der Waals surface area contributed by atoms with Crippen LogP contribution < -0.4 is 15.5 Å². The minimum atomic E-state index is 0.366. The first-order valence-corrected chi connectivity index (χ1v) is 13.0. The number of thiazole rings is 2. The van der Waals surface area contributed by atoms with Crippen molar-refractivity contribution in [3.8, 4) is 22.0 Å². The lowest BCUT2D eigenvalue weighted by Crippen LogP contribution is -2.44. The van der Waals surface area contributed by atoms with Crippen molar-refractivity contribution in [3.63, 3.8) is 0 Å². The number of aliphatic imine (C=N–C) groups is 1. The van der Waals surface area contributed by atoms with E-state index in [1.165, 1.54) is 42.8 Å². The molecule has 0 atom stereocenters. The van der Waals surface area contributed by atoms with Crippen LogP contribution in [0.5, 0.6) is 0 Å². The fourth-order valence-electron chi connectivity index (χ4n) is 4.27. The Morgan fingerprint density at radius 1 is 1.15 bits per heavy atom. The Morgan fingerprint density at radius 2 is 1.94 bits per heavy atom. The molecule has 0 saturated carbocycles. The summed E-state index contributed by atoms with van der Waals surface area (Å²) in [7, 11) is 0. The summed E-state index contributed by atoms with van der Waals surface area (Å²) in [6.45, 7) is 12.9. The minimum absolute atomic E-state index is 0.366. The quantitative estimate of drug-likeness (QED) is 0.547. The largest absolute Gasteiger partial charge is 0.380 e. The highest BCUT2D eigenvalue weighted by Crippen LogP contribution is 2.40. The summed E-state index contributed by atoms with van der Waals surface area (Å²) in [5.74, 6) is 1.05. The molecule has 0 bridgehead atoms. The van der Waals surface area contributed by atoms with Crippen molar-refractivity contribution in [2.24, 2.45) is 10.4 Å².